The summed E-state index contributed by atoms with van der Waals surface area (Å²) >= 11 is 1.75. The van der Waals surface area contributed by atoms with Gasteiger partial charge < -0.3 is 10.2 Å². The molecule has 2 aliphatic rings. The Kier molecular flexibility index (Phi) is 6.36. The summed E-state index contributed by atoms with van der Waals surface area (Å²) in [5, 5.41) is 4.33. The summed E-state index contributed by atoms with van der Waals surface area (Å²) in [6, 6.07) is 0.0538. The van der Waals surface area contributed by atoms with Crippen molar-refractivity contribution in [1.29, 1.82) is 0 Å². The molecule has 3 heterocycles. The number of aromatic nitrogens is 1. The van der Waals surface area contributed by atoms with E-state index in [0.29, 0.717) is 12.0 Å². The fourth-order valence-corrected chi connectivity index (χ4v) is 5.37. The van der Waals surface area contributed by atoms with Crippen molar-refractivity contribution in [2.24, 2.45) is 5.41 Å². The van der Waals surface area contributed by atoms with Gasteiger partial charge in [0, 0.05) is 24.4 Å². The number of hydrogen-bond acceptors (Lipinski definition) is 5. The van der Waals surface area contributed by atoms with Crippen LogP contribution in [0.1, 0.15) is 48.2 Å². The van der Waals surface area contributed by atoms with Gasteiger partial charge in [0.15, 0.2) is 0 Å². The number of likely N-dealkylation sites (tertiary alicyclic amines) is 2. The van der Waals surface area contributed by atoms with Crippen LogP contribution in [0.2, 0.25) is 0 Å². The number of hydrogen-bond donors (Lipinski definition) is 1. The highest BCUT2D eigenvalue weighted by atomic mass is 32.1. The molecule has 0 aromatic carbocycles. The lowest BCUT2D eigenvalue weighted by atomic mass is 9.76. The van der Waals surface area contributed by atoms with E-state index in [1.807, 2.05) is 0 Å². The number of amides is 1. The van der Waals surface area contributed by atoms with Gasteiger partial charge in [0.1, 0.15) is 0 Å². The Morgan fingerprint density at radius 2 is 2.08 bits per heavy atom. The molecule has 5 nitrogen and oxygen atoms in total. The second-order valence-corrected chi connectivity index (χ2v) is 9.57. The average Bonchev–Trinajstić information content (AvgIpc) is 3.12. The molecule has 1 aromatic rings. The van der Waals surface area contributed by atoms with Crippen molar-refractivity contribution in [3.63, 3.8) is 0 Å². The molecule has 146 valence electrons. The van der Waals surface area contributed by atoms with Crippen LogP contribution in [-0.4, -0.2) is 66.5 Å². The molecule has 0 saturated carbocycles. The van der Waals surface area contributed by atoms with Crippen molar-refractivity contribution in [1.82, 2.24) is 20.1 Å². The number of aryl methyl sites for hydroxylation is 2. The molecule has 2 saturated heterocycles. The number of carbonyl (C=O) groups is 1. The molecule has 6 heteroatoms. The highest BCUT2D eigenvalue weighted by Crippen LogP contribution is 2.43. The molecule has 2 fully saturated rings. The van der Waals surface area contributed by atoms with Crippen LogP contribution in [0.25, 0.3) is 0 Å². The highest BCUT2D eigenvalue weighted by molar-refractivity contribution is 7.11. The molecule has 3 rings (SSSR count). The summed E-state index contributed by atoms with van der Waals surface area (Å²) in [5.41, 5.74) is 1.47. The zero-order chi connectivity index (χ0) is 18.7. The predicted molar refractivity (Wildman–Crippen MR) is 108 cm³/mol. The summed E-state index contributed by atoms with van der Waals surface area (Å²) in [6.45, 7) is 11.5. The molecular weight excluding hydrogens is 344 g/mol. The lowest BCUT2D eigenvalue weighted by Gasteiger charge is -2.37. The molecular formula is C20H34N4OS. The number of carbonyl (C=O) groups excluding carboxylic acids is 1. The van der Waals surface area contributed by atoms with Gasteiger partial charge in [0.2, 0.25) is 5.91 Å². The normalized spacial score (nSPS) is 23.6. The van der Waals surface area contributed by atoms with E-state index >= 15 is 0 Å². The first-order valence-electron chi connectivity index (χ1n) is 10.1. The topological polar surface area (TPSA) is 48.5 Å². The van der Waals surface area contributed by atoms with E-state index in [1.54, 1.807) is 11.3 Å². The fraction of sp³-hybridized carbons (Fsp3) is 0.800. The van der Waals surface area contributed by atoms with Gasteiger partial charge in [-0.25, -0.2) is 4.98 Å². The van der Waals surface area contributed by atoms with Gasteiger partial charge in [0.05, 0.1) is 16.7 Å². The number of thiazole rings is 1. The van der Waals surface area contributed by atoms with Gasteiger partial charge in [-0.1, -0.05) is 6.92 Å². The van der Waals surface area contributed by atoms with Crippen LogP contribution in [0.5, 0.6) is 0 Å². The largest absolute Gasteiger partial charge is 0.354 e. The summed E-state index contributed by atoms with van der Waals surface area (Å²) in [5.74, 6) is 0.222. The first-order valence-corrected chi connectivity index (χ1v) is 10.9. The van der Waals surface area contributed by atoms with Gasteiger partial charge >= 0.3 is 0 Å². The Hall–Kier alpha value is -0.980. The standard InChI is InChI=1S/C20H34N4OS/c1-5-10-24-14-20(7-11-23(4)12-8-20)13-17(24)19(25)21-9-6-18-22-15(2)16(3)26-18/h17H,5-14H2,1-4H3,(H,21,25). The highest BCUT2D eigenvalue weighted by Gasteiger charge is 2.47. The molecule has 1 unspecified atom stereocenters. The molecule has 0 radical (unpaired) electrons. The average molecular weight is 379 g/mol. The SMILES string of the molecule is CCCN1CC2(CCN(C)CC2)CC1C(=O)NCCc1nc(C)c(C)s1. The summed E-state index contributed by atoms with van der Waals surface area (Å²) < 4.78 is 0. The maximum atomic E-state index is 12.9. The lowest BCUT2D eigenvalue weighted by molar-refractivity contribution is -0.125. The number of nitrogens with zero attached hydrogens (tertiary/aromatic N) is 3. The van der Waals surface area contributed by atoms with E-state index in [4.69, 9.17) is 0 Å². The third-order valence-electron chi connectivity index (χ3n) is 6.18. The van der Waals surface area contributed by atoms with Crippen molar-refractivity contribution in [3.05, 3.63) is 15.6 Å². The van der Waals surface area contributed by atoms with Crippen molar-refractivity contribution >= 4 is 17.2 Å². The molecule has 1 atom stereocenters. The first kappa shape index (κ1) is 19.8. The molecule has 26 heavy (non-hydrogen) atoms. The lowest BCUT2D eigenvalue weighted by Crippen LogP contribution is -2.44. The fourth-order valence-electron chi connectivity index (χ4n) is 4.44. The minimum absolute atomic E-state index is 0.0538. The minimum Gasteiger partial charge on any atom is -0.354 e. The van der Waals surface area contributed by atoms with Crippen LogP contribution >= 0.6 is 11.3 Å². The molecule has 0 bridgehead atoms. The smallest absolute Gasteiger partial charge is 0.237 e. The monoisotopic (exact) mass is 378 g/mol. The molecule has 1 aromatic heterocycles. The van der Waals surface area contributed by atoms with Gasteiger partial charge in [0.25, 0.3) is 0 Å². The van der Waals surface area contributed by atoms with E-state index in [9.17, 15) is 4.79 Å². The van der Waals surface area contributed by atoms with E-state index < -0.39 is 0 Å². The Labute approximate surface area is 162 Å². The van der Waals surface area contributed by atoms with Crippen molar-refractivity contribution in [2.75, 3.05) is 39.8 Å². The van der Waals surface area contributed by atoms with E-state index in [0.717, 1.165) is 56.1 Å². The maximum absolute atomic E-state index is 12.9. The second kappa shape index (κ2) is 8.36. The summed E-state index contributed by atoms with van der Waals surface area (Å²) in [6.07, 6.45) is 5.43. The third kappa shape index (κ3) is 4.46. The van der Waals surface area contributed by atoms with Crippen molar-refractivity contribution < 1.29 is 4.79 Å². The van der Waals surface area contributed by atoms with E-state index in [-0.39, 0.29) is 11.9 Å². The van der Waals surface area contributed by atoms with Gasteiger partial charge in [-0.05, 0) is 71.6 Å². The van der Waals surface area contributed by atoms with Crippen LogP contribution in [0.4, 0.5) is 0 Å². The van der Waals surface area contributed by atoms with Gasteiger partial charge in [-0.3, -0.25) is 9.69 Å². The van der Waals surface area contributed by atoms with Crippen LogP contribution in [0.3, 0.4) is 0 Å². The Balaban J connectivity index is 1.55. The van der Waals surface area contributed by atoms with Crippen molar-refractivity contribution in [3.8, 4) is 0 Å². The molecule has 1 spiro atoms. The minimum atomic E-state index is 0.0538. The van der Waals surface area contributed by atoms with Crippen molar-refractivity contribution in [2.45, 2.75) is 58.9 Å². The van der Waals surface area contributed by atoms with E-state index in [1.165, 1.54) is 17.7 Å². The van der Waals surface area contributed by atoms with E-state index in [2.05, 4.69) is 47.9 Å². The molecule has 0 aliphatic carbocycles. The predicted octanol–water partition coefficient (Wildman–Crippen LogP) is 2.61. The molecule has 2 aliphatic heterocycles. The second-order valence-electron chi connectivity index (χ2n) is 8.28. The quantitative estimate of drug-likeness (QED) is 0.827. The van der Waals surface area contributed by atoms with Gasteiger partial charge in [-0.2, -0.15) is 0 Å². The summed E-state index contributed by atoms with van der Waals surface area (Å²) in [4.78, 5) is 23.6. The molecule has 1 N–H and O–H groups in total. The number of rotatable bonds is 6. The molecule has 1 amide bonds. The maximum Gasteiger partial charge on any atom is 0.237 e. The zero-order valence-corrected chi connectivity index (χ0v) is 17.6. The first-order chi connectivity index (χ1) is 12.4. The van der Waals surface area contributed by atoms with Gasteiger partial charge in [-0.15, -0.1) is 11.3 Å². The zero-order valence-electron chi connectivity index (χ0n) is 16.8. The Morgan fingerprint density at radius 3 is 2.69 bits per heavy atom. The third-order valence-corrected chi connectivity index (χ3v) is 7.31. The summed E-state index contributed by atoms with van der Waals surface area (Å²) in [7, 11) is 2.21. The Morgan fingerprint density at radius 1 is 1.35 bits per heavy atom. The van der Waals surface area contributed by atoms with Crippen LogP contribution in [0, 0.1) is 19.3 Å². The number of nitrogens with one attached hydrogen (secondary N) is 1. The number of piperidine rings is 1. The Bertz CT molecular complexity index is 602. The van der Waals surface area contributed by atoms with Crippen LogP contribution in [0.15, 0.2) is 0 Å². The van der Waals surface area contributed by atoms with Crippen LogP contribution in [-0.2, 0) is 11.2 Å². The van der Waals surface area contributed by atoms with Crippen LogP contribution < -0.4 is 5.32 Å².